The Hall–Kier alpha value is -0.0800. The SMILES string of the molecule is CC(C)C1CCN(CC2(CN)CCCCC2)C1. The lowest BCUT2D eigenvalue weighted by atomic mass is 9.73. The number of hydrogen-bond acceptors (Lipinski definition) is 2. The number of likely N-dealkylation sites (tertiary alicyclic amines) is 1. The molecule has 1 aliphatic carbocycles. The van der Waals surface area contributed by atoms with Gasteiger partial charge in [-0.25, -0.2) is 0 Å². The van der Waals surface area contributed by atoms with Crippen LogP contribution in [0.2, 0.25) is 0 Å². The van der Waals surface area contributed by atoms with E-state index in [2.05, 4.69) is 18.7 Å². The summed E-state index contributed by atoms with van der Waals surface area (Å²) in [5.74, 6) is 1.77. The first-order valence-electron chi connectivity index (χ1n) is 7.58. The summed E-state index contributed by atoms with van der Waals surface area (Å²) in [6.07, 6.45) is 8.37. The fraction of sp³-hybridized carbons (Fsp3) is 1.00. The van der Waals surface area contributed by atoms with E-state index in [1.807, 2.05) is 0 Å². The van der Waals surface area contributed by atoms with Crippen LogP contribution in [0.3, 0.4) is 0 Å². The predicted molar refractivity (Wildman–Crippen MR) is 74.0 cm³/mol. The third-order valence-corrected chi connectivity index (χ3v) is 5.16. The first-order valence-corrected chi connectivity index (χ1v) is 7.58. The van der Waals surface area contributed by atoms with Gasteiger partial charge in [-0.05, 0) is 49.6 Å². The van der Waals surface area contributed by atoms with Gasteiger partial charge in [0.05, 0.1) is 0 Å². The molecule has 0 aromatic heterocycles. The molecule has 0 aromatic rings. The maximum absolute atomic E-state index is 6.08. The van der Waals surface area contributed by atoms with Gasteiger partial charge in [0.2, 0.25) is 0 Å². The van der Waals surface area contributed by atoms with Crippen LogP contribution in [0.25, 0.3) is 0 Å². The van der Waals surface area contributed by atoms with Gasteiger partial charge in [0.1, 0.15) is 0 Å². The zero-order chi connectivity index (χ0) is 12.3. The summed E-state index contributed by atoms with van der Waals surface area (Å²) < 4.78 is 0. The van der Waals surface area contributed by atoms with E-state index in [1.54, 1.807) is 0 Å². The Morgan fingerprint density at radius 2 is 1.94 bits per heavy atom. The predicted octanol–water partition coefficient (Wildman–Crippen LogP) is 2.87. The second-order valence-corrected chi connectivity index (χ2v) is 6.79. The third-order valence-electron chi connectivity index (χ3n) is 5.16. The molecular formula is C15H30N2. The van der Waals surface area contributed by atoms with Gasteiger partial charge in [0, 0.05) is 13.1 Å². The monoisotopic (exact) mass is 238 g/mol. The molecule has 0 radical (unpaired) electrons. The molecule has 2 fully saturated rings. The van der Waals surface area contributed by atoms with Gasteiger partial charge < -0.3 is 10.6 Å². The number of nitrogens with zero attached hydrogens (tertiary/aromatic N) is 1. The Morgan fingerprint density at radius 1 is 1.24 bits per heavy atom. The van der Waals surface area contributed by atoms with Crippen molar-refractivity contribution in [3.05, 3.63) is 0 Å². The fourth-order valence-corrected chi connectivity index (χ4v) is 3.75. The van der Waals surface area contributed by atoms with Gasteiger partial charge in [-0.1, -0.05) is 33.1 Å². The Labute approximate surface area is 107 Å². The highest BCUT2D eigenvalue weighted by atomic mass is 15.2. The number of nitrogens with two attached hydrogens (primary N) is 1. The molecule has 1 aliphatic heterocycles. The van der Waals surface area contributed by atoms with Gasteiger partial charge in [-0.15, -0.1) is 0 Å². The average molecular weight is 238 g/mol. The van der Waals surface area contributed by atoms with Crippen molar-refractivity contribution in [1.29, 1.82) is 0 Å². The summed E-state index contributed by atoms with van der Waals surface area (Å²) in [6.45, 7) is 9.54. The minimum atomic E-state index is 0.462. The van der Waals surface area contributed by atoms with E-state index < -0.39 is 0 Å². The molecule has 1 heterocycles. The molecule has 2 rings (SSSR count). The van der Waals surface area contributed by atoms with Gasteiger partial charge in [0.15, 0.2) is 0 Å². The van der Waals surface area contributed by atoms with Gasteiger partial charge in [-0.3, -0.25) is 0 Å². The van der Waals surface area contributed by atoms with Crippen LogP contribution in [-0.4, -0.2) is 31.1 Å². The molecular weight excluding hydrogens is 208 g/mol. The Kier molecular flexibility index (Phi) is 4.48. The molecule has 17 heavy (non-hydrogen) atoms. The molecule has 1 saturated carbocycles. The normalized spacial score (nSPS) is 30.0. The summed E-state index contributed by atoms with van der Waals surface area (Å²) in [5, 5.41) is 0. The zero-order valence-electron chi connectivity index (χ0n) is 11.8. The molecule has 2 aliphatic rings. The quantitative estimate of drug-likeness (QED) is 0.816. The zero-order valence-corrected chi connectivity index (χ0v) is 11.8. The minimum absolute atomic E-state index is 0.462. The molecule has 0 amide bonds. The van der Waals surface area contributed by atoms with Crippen LogP contribution < -0.4 is 5.73 Å². The van der Waals surface area contributed by atoms with Gasteiger partial charge >= 0.3 is 0 Å². The van der Waals surface area contributed by atoms with Crippen LogP contribution in [0.4, 0.5) is 0 Å². The Bertz CT molecular complexity index is 231. The standard InChI is InChI=1S/C15H30N2/c1-13(2)14-6-9-17(10-14)12-15(11-16)7-4-3-5-8-15/h13-14H,3-12,16H2,1-2H3. The van der Waals surface area contributed by atoms with E-state index in [1.165, 1.54) is 58.2 Å². The van der Waals surface area contributed by atoms with Crippen molar-refractivity contribution < 1.29 is 0 Å². The Morgan fingerprint density at radius 3 is 2.47 bits per heavy atom. The molecule has 1 atom stereocenters. The van der Waals surface area contributed by atoms with Crippen molar-refractivity contribution in [3.8, 4) is 0 Å². The second-order valence-electron chi connectivity index (χ2n) is 6.79. The van der Waals surface area contributed by atoms with Crippen LogP contribution in [-0.2, 0) is 0 Å². The van der Waals surface area contributed by atoms with Crippen LogP contribution in [0.1, 0.15) is 52.4 Å². The summed E-state index contributed by atoms with van der Waals surface area (Å²) in [6, 6.07) is 0. The lowest BCUT2D eigenvalue weighted by molar-refractivity contribution is 0.123. The summed E-state index contributed by atoms with van der Waals surface area (Å²) in [7, 11) is 0. The summed E-state index contributed by atoms with van der Waals surface area (Å²) >= 11 is 0. The first-order chi connectivity index (χ1) is 8.15. The first kappa shape index (κ1) is 13.4. The van der Waals surface area contributed by atoms with Gasteiger partial charge in [0.25, 0.3) is 0 Å². The van der Waals surface area contributed by atoms with Gasteiger partial charge in [-0.2, -0.15) is 0 Å². The smallest absolute Gasteiger partial charge is 0.00502 e. The van der Waals surface area contributed by atoms with Crippen molar-refractivity contribution in [2.45, 2.75) is 52.4 Å². The highest BCUT2D eigenvalue weighted by Gasteiger charge is 2.35. The van der Waals surface area contributed by atoms with E-state index in [0.29, 0.717) is 5.41 Å². The topological polar surface area (TPSA) is 29.3 Å². The highest BCUT2D eigenvalue weighted by Crippen LogP contribution is 2.37. The summed E-state index contributed by atoms with van der Waals surface area (Å²) in [5.41, 5.74) is 6.55. The maximum atomic E-state index is 6.08. The maximum Gasteiger partial charge on any atom is 0.00502 e. The van der Waals surface area contributed by atoms with E-state index in [9.17, 15) is 0 Å². The molecule has 2 heteroatoms. The van der Waals surface area contributed by atoms with Crippen LogP contribution >= 0.6 is 0 Å². The van der Waals surface area contributed by atoms with E-state index in [0.717, 1.165) is 18.4 Å². The van der Waals surface area contributed by atoms with E-state index in [4.69, 9.17) is 5.73 Å². The molecule has 1 unspecified atom stereocenters. The van der Waals surface area contributed by atoms with Crippen molar-refractivity contribution >= 4 is 0 Å². The molecule has 0 aromatic carbocycles. The molecule has 100 valence electrons. The largest absolute Gasteiger partial charge is 0.330 e. The van der Waals surface area contributed by atoms with Crippen molar-refractivity contribution in [3.63, 3.8) is 0 Å². The molecule has 0 spiro atoms. The summed E-state index contributed by atoms with van der Waals surface area (Å²) in [4.78, 5) is 2.70. The average Bonchev–Trinajstić information content (AvgIpc) is 2.79. The molecule has 1 saturated heterocycles. The number of hydrogen-bond donors (Lipinski definition) is 1. The fourth-order valence-electron chi connectivity index (χ4n) is 3.75. The van der Waals surface area contributed by atoms with E-state index >= 15 is 0 Å². The lowest BCUT2D eigenvalue weighted by Crippen LogP contribution is -2.43. The second kappa shape index (κ2) is 5.71. The molecule has 0 bridgehead atoms. The van der Waals surface area contributed by atoms with Crippen LogP contribution in [0.15, 0.2) is 0 Å². The lowest BCUT2D eigenvalue weighted by Gasteiger charge is -2.39. The third kappa shape index (κ3) is 3.23. The minimum Gasteiger partial charge on any atom is -0.330 e. The number of rotatable bonds is 4. The highest BCUT2D eigenvalue weighted by molar-refractivity contribution is 4.89. The van der Waals surface area contributed by atoms with Crippen molar-refractivity contribution in [2.75, 3.05) is 26.2 Å². The molecule has 2 nitrogen and oxygen atoms in total. The van der Waals surface area contributed by atoms with Crippen molar-refractivity contribution in [1.82, 2.24) is 4.90 Å². The molecule has 2 N–H and O–H groups in total. The van der Waals surface area contributed by atoms with Crippen LogP contribution in [0.5, 0.6) is 0 Å². The van der Waals surface area contributed by atoms with E-state index in [-0.39, 0.29) is 0 Å². The van der Waals surface area contributed by atoms with Crippen LogP contribution in [0, 0.1) is 17.3 Å². The van der Waals surface area contributed by atoms with Crippen molar-refractivity contribution in [2.24, 2.45) is 23.0 Å². The Balaban J connectivity index is 1.87.